The fourth-order valence-corrected chi connectivity index (χ4v) is 2.33. The van der Waals surface area contributed by atoms with Crippen LogP contribution in [-0.2, 0) is 27.4 Å². The molecule has 0 radical (unpaired) electrons. The van der Waals surface area contributed by atoms with Gasteiger partial charge in [-0.2, -0.15) is 0 Å². The monoisotopic (exact) mass is 331 g/mol. The lowest BCUT2D eigenvalue weighted by atomic mass is 10.1. The van der Waals surface area contributed by atoms with E-state index in [1.54, 1.807) is 25.3 Å². The maximum atomic E-state index is 11.9. The van der Waals surface area contributed by atoms with Crippen LogP contribution in [0, 0.1) is 13.8 Å². The fourth-order valence-electron chi connectivity index (χ4n) is 2.33. The number of aryl methyl sites for hydroxylation is 2. The number of hydrogen-bond acceptors (Lipinski definition) is 5. The summed E-state index contributed by atoms with van der Waals surface area (Å²) >= 11 is 0. The Morgan fingerprint density at radius 1 is 1.25 bits per heavy atom. The van der Waals surface area contributed by atoms with Crippen molar-refractivity contribution in [2.75, 3.05) is 19.0 Å². The molecule has 0 saturated heterocycles. The molecule has 0 aliphatic carbocycles. The number of methoxy groups -OCH3 is 1. The molecule has 0 aliphatic rings. The van der Waals surface area contributed by atoms with Gasteiger partial charge >= 0.3 is 11.8 Å². The van der Waals surface area contributed by atoms with Crippen molar-refractivity contribution in [3.05, 3.63) is 46.8 Å². The van der Waals surface area contributed by atoms with Crippen molar-refractivity contribution in [3.8, 4) is 0 Å². The number of benzene rings is 1. The first kappa shape index (κ1) is 17.7. The van der Waals surface area contributed by atoms with Crippen molar-refractivity contribution >= 4 is 17.5 Å². The van der Waals surface area contributed by atoms with Crippen molar-refractivity contribution in [2.24, 2.45) is 0 Å². The van der Waals surface area contributed by atoms with Crippen LogP contribution in [-0.4, -0.2) is 30.6 Å². The van der Waals surface area contributed by atoms with Gasteiger partial charge < -0.3 is 19.9 Å². The van der Waals surface area contributed by atoms with E-state index < -0.39 is 11.8 Å². The Balaban J connectivity index is 1.84. The summed E-state index contributed by atoms with van der Waals surface area (Å²) in [4.78, 5) is 23.8. The second kappa shape index (κ2) is 8.26. The standard InChI is InChI=1S/C17H21N3O4/c1-11-15(12(2)24-20-11)7-8-18-16(21)17(22)19-14-6-4-5-13(9-14)10-23-3/h4-6,9H,7-8,10H2,1-3H3,(H,18,21)(H,19,22). The number of rotatable bonds is 6. The Morgan fingerprint density at radius 3 is 2.71 bits per heavy atom. The summed E-state index contributed by atoms with van der Waals surface area (Å²) in [5, 5.41) is 9.01. The first-order valence-electron chi connectivity index (χ1n) is 7.60. The van der Waals surface area contributed by atoms with E-state index in [1.165, 1.54) is 0 Å². The molecule has 7 heteroatoms. The Kier molecular flexibility index (Phi) is 6.08. The van der Waals surface area contributed by atoms with E-state index in [0.717, 1.165) is 22.6 Å². The molecule has 2 rings (SSSR count). The summed E-state index contributed by atoms with van der Waals surface area (Å²) in [6, 6.07) is 7.15. The third kappa shape index (κ3) is 4.66. The van der Waals surface area contributed by atoms with Crippen LogP contribution in [0.15, 0.2) is 28.8 Å². The van der Waals surface area contributed by atoms with E-state index in [4.69, 9.17) is 9.26 Å². The lowest BCUT2D eigenvalue weighted by Crippen LogP contribution is -2.36. The molecule has 0 saturated carbocycles. The van der Waals surface area contributed by atoms with Gasteiger partial charge in [-0.05, 0) is 38.0 Å². The number of ether oxygens (including phenoxy) is 1. The number of nitrogens with zero attached hydrogens (tertiary/aromatic N) is 1. The van der Waals surface area contributed by atoms with E-state index in [9.17, 15) is 9.59 Å². The van der Waals surface area contributed by atoms with Crippen LogP contribution in [0.3, 0.4) is 0 Å². The fraction of sp³-hybridized carbons (Fsp3) is 0.353. The first-order valence-corrected chi connectivity index (χ1v) is 7.60. The van der Waals surface area contributed by atoms with Crippen LogP contribution >= 0.6 is 0 Å². The van der Waals surface area contributed by atoms with Crippen LogP contribution in [0.5, 0.6) is 0 Å². The molecule has 2 amide bonds. The maximum Gasteiger partial charge on any atom is 0.313 e. The normalized spacial score (nSPS) is 10.5. The van der Waals surface area contributed by atoms with E-state index in [1.807, 2.05) is 19.9 Å². The van der Waals surface area contributed by atoms with Crippen molar-refractivity contribution < 1.29 is 18.8 Å². The van der Waals surface area contributed by atoms with Crippen LogP contribution in [0.4, 0.5) is 5.69 Å². The molecule has 24 heavy (non-hydrogen) atoms. The SMILES string of the molecule is COCc1cccc(NC(=O)C(=O)NCCc2c(C)noc2C)c1. The second-order valence-electron chi connectivity index (χ2n) is 5.40. The highest BCUT2D eigenvalue weighted by Gasteiger charge is 2.14. The Morgan fingerprint density at radius 2 is 2.04 bits per heavy atom. The highest BCUT2D eigenvalue weighted by molar-refractivity contribution is 6.39. The van der Waals surface area contributed by atoms with Crippen molar-refractivity contribution in [2.45, 2.75) is 26.9 Å². The van der Waals surface area contributed by atoms with Gasteiger partial charge in [0.05, 0.1) is 12.3 Å². The number of amides is 2. The van der Waals surface area contributed by atoms with E-state index in [-0.39, 0.29) is 0 Å². The van der Waals surface area contributed by atoms with Crippen molar-refractivity contribution in [1.29, 1.82) is 0 Å². The zero-order chi connectivity index (χ0) is 17.5. The van der Waals surface area contributed by atoms with Gasteiger partial charge in [-0.1, -0.05) is 17.3 Å². The molecule has 2 aromatic rings. The minimum atomic E-state index is -0.705. The lowest BCUT2D eigenvalue weighted by Gasteiger charge is -2.08. The molecule has 0 atom stereocenters. The topological polar surface area (TPSA) is 93.5 Å². The zero-order valence-corrected chi connectivity index (χ0v) is 14.0. The molecule has 1 aromatic carbocycles. The zero-order valence-electron chi connectivity index (χ0n) is 14.0. The number of hydrogen-bond donors (Lipinski definition) is 2. The molecular weight excluding hydrogens is 310 g/mol. The van der Waals surface area contributed by atoms with Crippen LogP contribution in [0.2, 0.25) is 0 Å². The largest absolute Gasteiger partial charge is 0.380 e. The molecule has 1 heterocycles. The minimum Gasteiger partial charge on any atom is -0.380 e. The van der Waals surface area contributed by atoms with Crippen LogP contribution in [0.25, 0.3) is 0 Å². The summed E-state index contributed by atoms with van der Waals surface area (Å²) in [6.07, 6.45) is 0.559. The van der Waals surface area contributed by atoms with Gasteiger partial charge in [0.15, 0.2) is 0 Å². The molecule has 0 fully saturated rings. The molecule has 7 nitrogen and oxygen atoms in total. The molecule has 1 aromatic heterocycles. The van der Waals surface area contributed by atoms with Gasteiger partial charge in [0.1, 0.15) is 5.76 Å². The molecule has 0 bridgehead atoms. The smallest absolute Gasteiger partial charge is 0.313 e. The van der Waals surface area contributed by atoms with Gasteiger partial charge in [0.2, 0.25) is 0 Å². The van der Waals surface area contributed by atoms with Gasteiger partial charge in [-0.3, -0.25) is 9.59 Å². The summed E-state index contributed by atoms with van der Waals surface area (Å²) < 4.78 is 10.1. The van der Waals surface area contributed by atoms with Gasteiger partial charge in [0.25, 0.3) is 0 Å². The molecule has 2 N–H and O–H groups in total. The summed E-state index contributed by atoms with van der Waals surface area (Å²) in [5.74, 6) is -0.664. The average molecular weight is 331 g/mol. The average Bonchev–Trinajstić information content (AvgIpc) is 2.87. The number of carbonyl (C=O) groups is 2. The highest BCUT2D eigenvalue weighted by atomic mass is 16.5. The lowest BCUT2D eigenvalue weighted by molar-refractivity contribution is -0.136. The third-order valence-corrected chi connectivity index (χ3v) is 3.54. The Labute approximate surface area is 140 Å². The number of carbonyl (C=O) groups excluding carboxylic acids is 2. The van der Waals surface area contributed by atoms with Gasteiger partial charge in [-0.15, -0.1) is 0 Å². The summed E-state index contributed by atoms with van der Waals surface area (Å²) in [5.41, 5.74) is 3.20. The quantitative estimate of drug-likeness (QED) is 0.786. The third-order valence-electron chi connectivity index (χ3n) is 3.54. The summed E-state index contributed by atoms with van der Waals surface area (Å²) in [6.45, 7) is 4.43. The molecule has 0 unspecified atom stereocenters. The van der Waals surface area contributed by atoms with Gasteiger partial charge in [0, 0.05) is 24.9 Å². The van der Waals surface area contributed by atoms with E-state index in [2.05, 4.69) is 15.8 Å². The minimum absolute atomic E-state index is 0.332. The highest BCUT2D eigenvalue weighted by Crippen LogP contribution is 2.12. The molecule has 0 spiro atoms. The summed E-state index contributed by atoms with van der Waals surface area (Å²) in [7, 11) is 1.59. The number of anilines is 1. The van der Waals surface area contributed by atoms with Crippen molar-refractivity contribution in [1.82, 2.24) is 10.5 Å². The number of nitrogens with one attached hydrogen (secondary N) is 2. The molecule has 0 aliphatic heterocycles. The Bertz CT molecular complexity index is 705. The first-order chi connectivity index (χ1) is 11.5. The number of aromatic nitrogens is 1. The maximum absolute atomic E-state index is 11.9. The van der Waals surface area contributed by atoms with Gasteiger partial charge in [-0.25, -0.2) is 0 Å². The van der Waals surface area contributed by atoms with E-state index in [0.29, 0.717) is 25.3 Å². The van der Waals surface area contributed by atoms with Crippen LogP contribution < -0.4 is 10.6 Å². The van der Waals surface area contributed by atoms with E-state index >= 15 is 0 Å². The predicted octanol–water partition coefficient (Wildman–Crippen LogP) is 1.74. The predicted molar refractivity (Wildman–Crippen MR) is 88.5 cm³/mol. The molecular formula is C17H21N3O4. The second-order valence-corrected chi connectivity index (χ2v) is 5.40. The van der Waals surface area contributed by atoms with Crippen molar-refractivity contribution in [3.63, 3.8) is 0 Å². The molecule has 128 valence electrons. The Hall–Kier alpha value is -2.67. The van der Waals surface area contributed by atoms with Crippen LogP contribution in [0.1, 0.15) is 22.6 Å².